The SMILES string of the molecule is Cc1cc(F)c2nc(CC(C)C)cc(Cl)c2c1F. The van der Waals surface area contributed by atoms with Crippen LogP contribution in [-0.4, -0.2) is 4.98 Å². The number of hydrogen-bond acceptors (Lipinski definition) is 1. The first-order valence-corrected chi connectivity index (χ1v) is 6.21. The van der Waals surface area contributed by atoms with Crippen LogP contribution in [0, 0.1) is 24.5 Å². The van der Waals surface area contributed by atoms with E-state index in [1.807, 2.05) is 13.8 Å². The molecule has 0 radical (unpaired) electrons. The van der Waals surface area contributed by atoms with Gasteiger partial charge in [-0.2, -0.15) is 0 Å². The minimum atomic E-state index is -0.531. The molecule has 0 aliphatic carbocycles. The number of pyridine rings is 1. The molecule has 0 aliphatic rings. The Balaban J connectivity index is 2.73. The van der Waals surface area contributed by atoms with Crippen LogP contribution in [0.2, 0.25) is 5.02 Å². The summed E-state index contributed by atoms with van der Waals surface area (Å²) in [5, 5.41) is 0.289. The molecule has 18 heavy (non-hydrogen) atoms. The summed E-state index contributed by atoms with van der Waals surface area (Å²) < 4.78 is 27.8. The molecule has 0 spiro atoms. The van der Waals surface area contributed by atoms with Gasteiger partial charge in [-0.3, -0.25) is 0 Å². The highest BCUT2D eigenvalue weighted by molar-refractivity contribution is 6.35. The van der Waals surface area contributed by atoms with E-state index in [0.29, 0.717) is 18.0 Å². The standard InChI is InChI=1S/C14H14ClF2N/c1-7(2)4-9-6-10(15)12-13(17)8(3)5-11(16)14(12)18-9/h5-7H,4H2,1-3H3. The molecule has 0 aliphatic heterocycles. The Bertz CT molecular complexity index is 609. The smallest absolute Gasteiger partial charge is 0.149 e. The summed E-state index contributed by atoms with van der Waals surface area (Å²) in [7, 11) is 0. The molecule has 4 heteroatoms. The Morgan fingerprint density at radius 1 is 1.28 bits per heavy atom. The van der Waals surface area contributed by atoms with Crippen LogP contribution in [0.4, 0.5) is 8.78 Å². The average molecular weight is 270 g/mol. The highest BCUT2D eigenvalue weighted by Crippen LogP contribution is 2.30. The Labute approximate surface area is 110 Å². The van der Waals surface area contributed by atoms with Gasteiger partial charge in [-0.15, -0.1) is 0 Å². The van der Waals surface area contributed by atoms with E-state index in [1.54, 1.807) is 6.07 Å². The quantitative estimate of drug-likeness (QED) is 0.772. The molecule has 1 heterocycles. The van der Waals surface area contributed by atoms with E-state index < -0.39 is 11.6 Å². The Kier molecular flexibility index (Phi) is 3.53. The second-order valence-corrected chi connectivity index (χ2v) is 5.31. The van der Waals surface area contributed by atoms with E-state index in [9.17, 15) is 8.78 Å². The maximum absolute atomic E-state index is 13.9. The van der Waals surface area contributed by atoms with Crippen molar-refractivity contribution in [3.05, 3.63) is 40.0 Å². The van der Waals surface area contributed by atoms with Crippen LogP contribution in [0.5, 0.6) is 0 Å². The zero-order chi connectivity index (χ0) is 13.4. The largest absolute Gasteiger partial charge is 0.250 e. The maximum atomic E-state index is 13.9. The molecule has 1 aromatic carbocycles. The van der Waals surface area contributed by atoms with Crippen molar-refractivity contribution in [3.63, 3.8) is 0 Å². The zero-order valence-corrected chi connectivity index (χ0v) is 11.3. The van der Waals surface area contributed by atoms with Gasteiger partial charge in [0.05, 0.1) is 10.4 Å². The molecule has 0 fully saturated rings. The normalized spacial score (nSPS) is 11.5. The van der Waals surface area contributed by atoms with Crippen LogP contribution in [-0.2, 0) is 6.42 Å². The molecule has 0 saturated heterocycles. The van der Waals surface area contributed by atoms with Gasteiger partial charge in [0.15, 0.2) is 0 Å². The number of benzene rings is 1. The molecule has 0 atom stereocenters. The average Bonchev–Trinajstić information content (AvgIpc) is 2.24. The van der Waals surface area contributed by atoms with Gasteiger partial charge in [-0.1, -0.05) is 25.4 Å². The summed E-state index contributed by atoms with van der Waals surface area (Å²) in [4.78, 5) is 4.18. The third kappa shape index (κ3) is 2.32. The third-order valence-corrected chi connectivity index (χ3v) is 3.08. The topological polar surface area (TPSA) is 12.9 Å². The van der Waals surface area contributed by atoms with Crippen LogP contribution < -0.4 is 0 Å². The molecule has 2 rings (SSSR count). The van der Waals surface area contributed by atoms with E-state index in [-0.39, 0.29) is 21.5 Å². The lowest BCUT2D eigenvalue weighted by Gasteiger charge is -2.10. The van der Waals surface area contributed by atoms with Gasteiger partial charge in [-0.25, -0.2) is 13.8 Å². The fourth-order valence-electron chi connectivity index (χ4n) is 1.99. The summed E-state index contributed by atoms with van der Waals surface area (Å²) in [6.45, 7) is 5.58. The van der Waals surface area contributed by atoms with Gasteiger partial charge < -0.3 is 0 Å². The van der Waals surface area contributed by atoms with Crippen LogP contribution in [0.15, 0.2) is 12.1 Å². The highest BCUT2D eigenvalue weighted by atomic mass is 35.5. The summed E-state index contributed by atoms with van der Waals surface area (Å²) in [6.07, 6.45) is 0.685. The molecule has 0 bridgehead atoms. The fraction of sp³-hybridized carbons (Fsp3) is 0.357. The number of aromatic nitrogens is 1. The molecule has 1 nitrogen and oxygen atoms in total. The first-order chi connectivity index (χ1) is 8.40. The molecule has 2 aromatic rings. The monoisotopic (exact) mass is 269 g/mol. The van der Waals surface area contributed by atoms with Crippen molar-refractivity contribution in [1.82, 2.24) is 4.98 Å². The lowest BCUT2D eigenvalue weighted by molar-refractivity contribution is 0.604. The molecular formula is C14H14ClF2N. The number of fused-ring (bicyclic) bond motifs is 1. The first-order valence-electron chi connectivity index (χ1n) is 5.84. The van der Waals surface area contributed by atoms with Crippen molar-refractivity contribution < 1.29 is 8.78 Å². The Morgan fingerprint density at radius 3 is 2.56 bits per heavy atom. The van der Waals surface area contributed by atoms with Crippen LogP contribution in [0.1, 0.15) is 25.1 Å². The number of nitrogens with zero attached hydrogens (tertiary/aromatic N) is 1. The summed E-state index contributed by atoms with van der Waals surface area (Å²) in [6, 6.07) is 2.77. The van der Waals surface area contributed by atoms with Crippen LogP contribution in [0.3, 0.4) is 0 Å². The van der Waals surface area contributed by atoms with Gasteiger partial charge in [0, 0.05) is 5.69 Å². The fourth-order valence-corrected chi connectivity index (χ4v) is 2.29. The summed E-state index contributed by atoms with van der Waals surface area (Å²) in [5.74, 6) is -0.652. The van der Waals surface area contributed by atoms with E-state index >= 15 is 0 Å². The minimum absolute atomic E-state index is 0.0150. The summed E-state index contributed by atoms with van der Waals surface area (Å²) in [5.41, 5.74) is 0.936. The predicted molar refractivity (Wildman–Crippen MR) is 69.9 cm³/mol. The van der Waals surface area contributed by atoms with Gasteiger partial charge in [0.1, 0.15) is 17.2 Å². The molecule has 96 valence electrons. The Hall–Kier alpha value is -1.22. The Morgan fingerprint density at radius 2 is 1.94 bits per heavy atom. The van der Waals surface area contributed by atoms with Crippen molar-refractivity contribution in [2.75, 3.05) is 0 Å². The second-order valence-electron chi connectivity index (χ2n) is 4.91. The zero-order valence-electron chi connectivity index (χ0n) is 10.5. The van der Waals surface area contributed by atoms with E-state index in [4.69, 9.17) is 11.6 Å². The van der Waals surface area contributed by atoms with Crippen LogP contribution >= 0.6 is 11.6 Å². The van der Waals surface area contributed by atoms with Crippen LogP contribution in [0.25, 0.3) is 10.9 Å². The molecular weight excluding hydrogens is 256 g/mol. The third-order valence-electron chi connectivity index (χ3n) is 2.78. The molecule has 0 N–H and O–H groups in total. The molecule has 0 unspecified atom stereocenters. The molecule has 1 aromatic heterocycles. The van der Waals surface area contributed by atoms with Crippen molar-refractivity contribution in [2.24, 2.45) is 5.92 Å². The van der Waals surface area contributed by atoms with Gasteiger partial charge >= 0.3 is 0 Å². The number of hydrogen-bond donors (Lipinski definition) is 0. The minimum Gasteiger partial charge on any atom is -0.250 e. The highest BCUT2D eigenvalue weighted by Gasteiger charge is 2.15. The predicted octanol–water partition coefficient (Wildman–Crippen LogP) is 4.67. The lowest BCUT2D eigenvalue weighted by Crippen LogP contribution is -2.01. The maximum Gasteiger partial charge on any atom is 0.149 e. The van der Waals surface area contributed by atoms with Crippen molar-refractivity contribution in [1.29, 1.82) is 0 Å². The van der Waals surface area contributed by atoms with E-state index in [0.717, 1.165) is 6.07 Å². The number of aryl methyl sites for hydroxylation is 1. The summed E-state index contributed by atoms with van der Waals surface area (Å²) >= 11 is 6.05. The van der Waals surface area contributed by atoms with E-state index in [1.165, 1.54) is 6.92 Å². The van der Waals surface area contributed by atoms with Gasteiger partial charge in [-0.05, 0) is 37.0 Å². The van der Waals surface area contributed by atoms with E-state index in [2.05, 4.69) is 4.98 Å². The van der Waals surface area contributed by atoms with Crippen molar-refractivity contribution >= 4 is 22.5 Å². The lowest BCUT2D eigenvalue weighted by atomic mass is 10.1. The molecule has 0 amide bonds. The number of halogens is 3. The van der Waals surface area contributed by atoms with Crippen molar-refractivity contribution in [3.8, 4) is 0 Å². The molecule has 0 saturated carbocycles. The van der Waals surface area contributed by atoms with Gasteiger partial charge in [0.25, 0.3) is 0 Å². The first kappa shape index (κ1) is 13.2. The number of rotatable bonds is 2. The van der Waals surface area contributed by atoms with Gasteiger partial charge in [0.2, 0.25) is 0 Å². The second kappa shape index (κ2) is 4.81. The van der Waals surface area contributed by atoms with Crippen molar-refractivity contribution in [2.45, 2.75) is 27.2 Å².